The summed E-state index contributed by atoms with van der Waals surface area (Å²) in [5, 5.41) is 8.20. The number of imidazole rings is 1. The number of hydrogen-bond acceptors (Lipinski definition) is 6. The van der Waals surface area contributed by atoms with Gasteiger partial charge in [-0.25, -0.2) is 14.4 Å². The first-order valence-corrected chi connectivity index (χ1v) is 10.7. The average Bonchev–Trinajstić information content (AvgIpc) is 3.46. The molecule has 0 unspecified atom stereocenters. The second kappa shape index (κ2) is 8.35. The van der Waals surface area contributed by atoms with Crippen LogP contribution in [0.2, 0.25) is 5.02 Å². The SMILES string of the molecule is CC[C@@H]1c2nncn2-c2cnc(-n3ccnc3-c3ccc(F)cc3Cl)nc2N1CCC(F)(F)F. The molecule has 4 heterocycles. The fourth-order valence-corrected chi connectivity index (χ4v) is 4.30. The Kier molecular flexibility index (Phi) is 5.47. The first-order valence-electron chi connectivity index (χ1n) is 10.4. The molecule has 4 aromatic rings. The van der Waals surface area contributed by atoms with Gasteiger partial charge in [0, 0.05) is 24.5 Å². The molecule has 0 aliphatic carbocycles. The molecule has 0 saturated carbocycles. The predicted octanol–water partition coefficient (Wildman–Crippen LogP) is 4.93. The fraction of sp³-hybridized carbons (Fsp3) is 0.286. The van der Waals surface area contributed by atoms with Crippen molar-refractivity contribution in [1.29, 1.82) is 0 Å². The van der Waals surface area contributed by atoms with Crippen LogP contribution in [0.4, 0.5) is 23.4 Å². The van der Waals surface area contributed by atoms with Crippen molar-refractivity contribution < 1.29 is 17.6 Å². The highest BCUT2D eigenvalue weighted by molar-refractivity contribution is 6.33. The summed E-state index contributed by atoms with van der Waals surface area (Å²) in [6.07, 6.45) is 1.24. The van der Waals surface area contributed by atoms with Crippen LogP contribution in [0.25, 0.3) is 23.0 Å². The number of benzene rings is 1. The van der Waals surface area contributed by atoms with E-state index in [4.69, 9.17) is 11.6 Å². The topological polar surface area (TPSA) is 77.5 Å². The van der Waals surface area contributed by atoms with Gasteiger partial charge >= 0.3 is 6.18 Å². The molecule has 34 heavy (non-hydrogen) atoms. The van der Waals surface area contributed by atoms with E-state index in [1.54, 1.807) is 20.2 Å². The van der Waals surface area contributed by atoms with E-state index in [1.807, 2.05) is 6.92 Å². The standard InChI is InChI=1S/C21H17ClF4N8/c1-2-15-19-31-29-11-34(19)16-10-28-20(30-18(16)32(15)7-5-21(24,25)26)33-8-6-27-17(33)13-4-3-12(23)9-14(13)22/h3-4,6,8-11,15H,2,5,7H2,1H3/t15-/m1/s1. The molecule has 8 nitrogen and oxygen atoms in total. The summed E-state index contributed by atoms with van der Waals surface area (Å²) in [5.41, 5.74) is 0.924. The summed E-state index contributed by atoms with van der Waals surface area (Å²) in [5.74, 6) is 0.885. The van der Waals surface area contributed by atoms with Crippen molar-refractivity contribution in [3.63, 3.8) is 0 Å². The number of hydrogen-bond donors (Lipinski definition) is 0. The van der Waals surface area contributed by atoms with Crippen molar-refractivity contribution in [3.05, 3.63) is 59.8 Å². The van der Waals surface area contributed by atoms with Crippen molar-refractivity contribution in [2.45, 2.75) is 32.0 Å². The molecule has 0 radical (unpaired) electrons. The van der Waals surface area contributed by atoms with E-state index in [-0.39, 0.29) is 17.5 Å². The molecule has 13 heteroatoms. The van der Waals surface area contributed by atoms with Gasteiger partial charge in [-0.2, -0.15) is 18.2 Å². The number of nitrogens with zero attached hydrogens (tertiary/aromatic N) is 8. The Morgan fingerprint density at radius 3 is 2.71 bits per heavy atom. The maximum atomic E-state index is 13.5. The van der Waals surface area contributed by atoms with E-state index >= 15 is 0 Å². The van der Waals surface area contributed by atoms with Crippen LogP contribution in [0, 0.1) is 5.82 Å². The molecule has 1 aliphatic rings. The highest BCUT2D eigenvalue weighted by atomic mass is 35.5. The third kappa shape index (κ3) is 3.87. The van der Waals surface area contributed by atoms with Crippen LogP contribution < -0.4 is 4.90 Å². The minimum absolute atomic E-state index is 0.150. The van der Waals surface area contributed by atoms with Crippen LogP contribution in [0.5, 0.6) is 0 Å². The lowest BCUT2D eigenvalue weighted by Gasteiger charge is -2.37. The van der Waals surface area contributed by atoms with E-state index in [9.17, 15) is 17.6 Å². The zero-order valence-corrected chi connectivity index (χ0v) is 18.5. The highest BCUT2D eigenvalue weighted by Crippen LogP contribution is 2.39. The van der Waals surface area contributed by atoms with Crippen LogP contribution in [0.3, 0.4) is 0 Å². The van der Waals surface area contributed by atoms with Crippen molar-refractivity contribution in [2.24, 2.45) is 0 Å². The highest BCUT2D eigenvalue weighted by Gasteiger charge is 2.37. The number of rotatable bonds is 5. The second-order valence-electron chi connectivity index (χ2n) is 7.67. The Bertz CT molecular complexity index is 1350. The van der Waals surface area contributed by atoms with E-state index < -0.39 is 24.5 Å². The molecule has 0 saturated heterocycles. The molecule has 176 valence electrons. The number of alkyl halides is 3. The van der Waals surface area contributed by atoms with Gasteiger partial charge in [-0.1, -0.05) is 18.5 Å². The van der Waals surface area contributed by atoms with E-state index in [0.29, 0.717) is 35.1 Å². The summed E-state index contributed by atoms with van der Waals surface area (Å²) in [6.45, 7) is 1.56. The first kappa shape index (κ1) is 22.3. The molecule has 1 atom stereocenters. The third-order valence-electron chi connectivity index (χ3n) is 5.57. The number of anilines is 1. The number of fused-ring (bicyclic) bond motifs is 3. The van der Waals surface area contributed by atoms with Gasteiger partial charge in [-0.05, 0) is 24.6 Å². The summed E-state index contributed by atoms with van der Waals surface area (Å²) in [6, 6.07) is 3.46. The van der Waals surface area contributed by atoms with Gasteiger partial charge in [0.15, 0.2) is 11.6 Å². The number of halogens is 5. The maximum absolute atomic E-state index is 13.5. The quantitative estimate of drug-likeness (QED) is 0.368. The smallest absolute Gasteiger partial charge is 0.344 e. The Morgan fingerprint density at radius 2 is 1.97 bits per heavy atom. The van der Waals surface area contributed by atoms with Gasteiger partial charge < -0.3 is 4.90 Å². The van der Waals surface area contributed by atoms with Gasteiger partial charge in [0.05, 0.1) is 23.7 Å². The zero-order valence-electron chi connectivity index (χ0n) is 17.7. The molecule has 0 fully saturated rings. The Hall–Kier alpha value is -3.54. The van der Waals surface area contributed by atoms with Crippen LogP contribution in [0.15, 0.2) is 43.1 Å². The Morgan fingerprint density at radius 1 is 1.15 bits per heavy atom. The molecule has 0 bridgehead atoms. The summed E-state index contributed by atoms with van der Waals surface area (Å²) >= 11 is 6.22. The zero-order chi connectivity index (χ0) is 24.0. The van der Waals surface area contributed by atoms with E-state index in [0.717, 1.165) is 0 Å². The van der Waals surface area contributed by atoms with Gasteiger partial charge in [0.25, 0.3) is 0 Å². The van der Waals surface area contributed by atoms with E-state index in [2.05, 4.69) is 25.1 Å². The monoisotopic (exact) mass is 492 g/mol. The molecular weight excluding hydrogens is 476 g/mol. The first-order chi connectivity index (χ1) is 16.3. The van der Waals surface area contributed by atoms with Gasteiger partial charge in [0.2, 0.25) is 5.95 Å². The maximum Gasteiger partial charge on any atom is 0.390 e. The molecule has 0 spiro atoms. The lowest BCUT2D eigenvalue weighted by Crippen LogP contribution is -2.38. The molecule has 1 aliphatic heterocycles. The third-order valence-corrected chi connectivity index (χ3v) is 5.88. The van der Waals surface area contributed by atoms with Crippen molar-refractivity contribution in [3.8, 4) is 23.0 Å². The van der Waals surface area contributed by atoms with Crippen LogP contribution in [-0.4, -0.2) is 47.0 Å². The van der Waals surface area contributed by atoms with Crippen LogP contribution >= 0.6 is 11.6 Å². The van der Waals surface area contributed by atoms with Crippen molar-refractivity contribution >= 4 is 17.4 Å². The average molecular weight is 493 g/mol. The summed E-state index contributed by atoms with van der Waals surface area (Å²) in [4.78, 5) is 14.9. The molecule has 5 rings (SSSR count). The lowest BCUT2D eigenvalue weighted by molar-refractivity contribution is -0.132. The number of aromatic nitrogens is 7. The predicted molar refractivity (Wildman–Crippen MR) is 116 cm³/mol. The van der Waals surface area contributed by atoms with Crippen LogP contribution in [0.1, 0.15) is 31.6 Å². The second-order valence-corrected chi connectivity index (χ2v) is 8.07. The molecule has 3 aromatic heterocycles. The molecular formula is C21H17ClF4N8. The van der Waals surface area contributed by atoms with Crippen LogP contribution in [-0.2, 0) is 0 Å². The summed E-state index contributed by atoms with van der Waals surface area (Å²) < 4.78 is 56.1. The molecule has 0 N–H and O–H groups in total. The minimum atomic E-state index is -4.34. The normalized spacial score (nSPS) is 15.4. The van der Waals surface area contributed by atoms with Crippen molar-refractivity contribution in [1.82, 2.24) is 34.3 Å². The fourth-order valence-electron chi connectivity index (χ4n) is 4.05. The van der Waals surface area contributed by atoms with Gasteiger partial charge in [-0.15, -0.1) is 10.2 Å². The lowest BCUT2D eigenvalue weighted by atomic mass is 10.1. The van der Waals surface area contributed by atoms with Crippen molar-refractivity contribution in [2.75, 3.05) is 11.4 Å². The summed E-state index contributed by atoms with van der Waals surface area (Å²) in [7, 11) is 0. The molecule has 0 amide bonds. The Balaban J connectivity index is 1.63. The van der Waals surface area contributed by atoms with E-state index in [1.165, 1.54) is 36.9 Å². The largest absolute Gasteiger partial charge is 0.390 e. The Labute approximate surface area is 195 Å². The van der Waals surface area contributed by atoms with Gasteiger partial charge in [0.1, 0.15) is 23.7 Å². The minimum Gasteiger partial charge on any atom is -0.344 e. The molecule has 1 aromatic carbocycles. The van der Waals surface area contributed by atoms with Gasteiger partial charge in [-0.3, -0.25) is 9.13 Å².